The van der Waals surface area contributed by atoms with Gasteiger partial charge >= 0.3 is 0 Å². The fourth-order valence-corrected chi connectivity index (χ4v) is 4.05. The summed E-state index contributed by atoms with van der Waals surface area (Å²) >= 11 is 7.06. The molecule has 0 aliphatic carbocycles. The van der Waals surface area contributed by atoms with E-state index in [0.717, 1.165) is 6.07 Å². The summed E-state index contributed by atoms with van der Waals surface area (Å²) in [6, 6.07) is 12.2. The molecule has 30 heavy (non-hydrogen) atoms. The fourth-order valence-electron chi connectivity index (χ4n) is 2.89. The number of aromatic nitrogens is 3. The van der Waals surface area contributed by atoms with E-state index in [9.17, 15) is 13.6 Å². The Kier molecular flexibility index (Phi) is 5.96. The monoisotopic (exact) mass is 444 g/mol. The van der Waals surface area contributed by atoms with Crippen molar-refractivity contribution in [3.8, 4) is 0 Å². The lowest BCUT2D eigenvalue weighted by Gasteiger charge is -2.10. The van der Waals surface area contributed by atoms with Gasteiger partial charge in [0.2, 0.25) is 5.91 Å². The highest BCUT2D eigenvalue weighted by Gasteiger charge is 2.16. The van der Waals surface area contributed by atoms with Gasteiger partial charge in [-0.1, -0.05) is 41.6 Å². The van der Waals surface area contributed by atoms with Crippen LogP contribution in [0.4, 0.5) is 14.5 Å². The summed E-state index contributed by atoms with van der Waals surface area (Å²) in [5.41, 5.74) is 1.88. The second-order valence-electron chi connectivity index (χ2n) is 6.40. The highest BCUT2D eigenvalue weighted by atomic mass is 35.5. The van der Waals surface area contributed by atoms with E-state index in [-0.39, 0.29) is 23.1 Å². The Balaban J connectivity index is 1.58. The number of halogens is 3. The zero-order valence-electron chi connectivity index (χ0n) is 15.5. The van der Waals surface area contributed by atoms with Gasteiger partial charge in [-0.25, -0.2) is 13.8 Å². The van der Waals surface area contributed by atoms with Gasteiger partial charge in [-0.3, -0.25) is 9.78 Å². The van der Waals surface area contributed by atoms with Crippen molar-refractivity contribution >= 4 is 46.0 Å². The van der Waals surface area contributed by atoms with Crippen molar-refractivity contribution in [2.75, 3.05) is 5.32 Å². The lowest BCUT2D eigenvalue weighted by molar-refractivity contribution is -0.116. The number of anilines is 1. The summed E-state index contributed by atoms with van der Waals surface area (Å²) in [5, 5.41) is 3.31. The number of carbonyl (C=O) groups is 1. The number of fused-ring (bicyclic) bond motifs is 1. The Morgan fingerprint density at radius 1 is 1.13 bits per heavy atom. The maximum atomic E-state index is 14.0. The molecule has 152 valence electrons. The molecule has 0 radical (unpaired) electrons. The number of amides is 1. The molecule has 1 amide bonds. The van der Waals surface area contributed by atoms with Gasteiger partial charge in [0, 0.05) is 17.0 Å². The number of benzene rings is 2. The van der Waals surface area contributed by atoms with E-state index in [1.165, 1.54) is 30.0 Å². The molecule has 2 aromatic heterocycles. The first-order chi connectivity index (χ1) is 14.5. The van der Waals surface area contributed by atoms with Crippen LogP contribution in [0.25, 0.3) is 11.0 Å². The van der Waals surface area contributed by atoms with Crippen LogP contribution in [0, 0.1) is 11.6 Å². The van der Waals surface area contributed by atoms with Crippen molar-refractivity contribution in [2.45, 2.75) is 17.5 Å². The Hall–Kier alpha value is -2.97. The molecular formula is C21H15ClF2N4OS. The van der Waals surface area contributed by atoms with Crippen LogP contribution in [0.1, 0.15) is 5.56 Å². The Morgan fingerprint density at radius 3 is 2.77 bits per heavy atom. The van der Waals surface area contributed by atoms with Gasteiger partial charge in [0.1, 0.15) is 18.2 Å². The van der Waals surface area contributed by atoms with Crippen LogP contribution < -0.4 is 5.32 Å². The lowest BCUT2D eigenvalue weighted by atomic mass is 10.2. The summed E-state index contributed by atoms with van der Waals surface area (Å²) < 4.78 is 29.6. The van der Waals surface area contributed by atoms with Gasteiger partial charge in [0.15, 0.2) is 5.16 Å². The molecule has 0 spiro atoms. The highest BCUT2D eigenvalue weighted by Crippen LogP contribution is 2.27. The van der Waals surface area contributed by atoms with Crippen LogP contribution in [-0.4, -0.2) is 20.4 Å². The molecule has 4 aromatic rings. The molecule has 2 aromatic carbocycles. The summed E-state index contributed by atoms with van der Waals surface area (Å²) in [5.74, 6) is -1.02. The number of pyridine rings is 1. The molecule has 4 rings (SSSR count). The summed E-state index contributed by atoms with van der Waals surface area (Å²) in [4.78, 5) is 21.2. The van der Waals surface area contributed by atoms with E-state index >= 15 is 0 Å². The number of nitrogens with one attached hydrogen (secondary N) is 1. The number of hydrogen-bond acceptors (Lipinski definition) is 4. The van der Waals surface area contributed by atoms with Gasteiger partial charge in [-0.2, -0.15) is 0 Å². The predicted octanol–water partition coefficient (Wildman–Crippen LogP) is 5.29. The van der Waals surface area contributed by atoms with Crippen LogP contribution in [-0.2, 0) is 17.1 Å². The van der Waals surface area contributed by atoms with E-state index in [1.54, 1.807) is 41.2 Å². The number of rotatable bonds is 6. The van der Waals surface area contributed by atoms with Gasteiger partial charge in [0.25, 0.3) is 0 Å². The van der Waals surface area contributed by atoms with E-state index in [2.05, 4.69) is 15.3 Å². The first kappa shape index (κ1) is 20.3. The van der Waals surface area contributed by atoms with Crippen LogP contribution in [0.2, 0.25) is 5.02 Å². The number of hydrogen-bond donors (Lipinski definition) is 1. The first-order valence-electron chi connectivity index (χ1n) is 8.92. The standard InChI is InChI=1S/C21H15ClF2N4OS/c22-14-5-6-17(16(24)9-14)26-20(29)11-28-19-10-25-8-7-18(19)27-21(28)30-12-13-3-1-2-4-15(13)23/h1-10H,11-12H2,(H,26,29). The molecule has 0 saturated carbocycles. The highest BCUT2D eigenvalue weighted by molar-refractivity contribution is 7.98. The van der Waals surface area contributed by atoms with Crippen LogP contribution in [0.5, 0.6) is 0 Å². The molecule has 0 fully saturated rings. The molecule has 1 N–H and O–H groups in total. The molecular weight excluding hydrogens is 430 g/mol. The third kappa shape index (κ3) is 4.44. The second-order valence-corrected chi connectivity index (χ2v) is 7.78. The van der Waals surface area contributed by atoms with E-state index in [4.69, 9.17) is 11.6 Å². The average Bonchev–Trinajstić information content (AvgIpc) is 3.07. The third-order valence-electron chi connectivity index (χ3n) is 4.34. The zero-order chi connectivity index (χ0) is 21.1. The minimum atomic E-state index is -0.623. The van der Waals surface area contributed by atoms with E-state index in [0.29, 0.717) is 27.5 Å². The number of carbonyl (C=O) groups excluding carboxylic acids is 1. The first-order valence-corrected chi connectivity index (χ1v) is 10.3. The maximum absolute atomic E-state index is 14.0. The lowest BCUT2D eigenvalue weighted by Crippen LogP contribution is -2.20. The van der Waals surface area contributed by atoms with Crippen molar-refractivity contribution in [3.63, 3.8) is 0 Å². The van der Waals surface area contributed by atoms with Crippen molar-refractivity contribution in [2.24, 2.45) is 0 Å². The SMILES string of the molecule is O=C(Cn1c(SCc2ccccc2F)nc2ccncc21)Nc1ccc(Cl)cc1F. The van der Waals surface area contributed by atoms with Gasteiger partial charge in [-0.05, 0) is 35.9 Å². The second kappa shape index (κ2) is 8.81. The molecule has 0 unspecified atom stereocenters. The topological polar surface area (TPSA) is 59.8 Å². The molecule has 0 aliphatic heterocycles. The van der Waals surface area contributed by atoms with E-state index < -0.39 is 11.7 Å². The molecule has 0 aliphatic rings. The number of nitrogens with zero attached hydrogens (tertiary/aromatic N) is 3. The van der Waals surface area contributed by atoms with E-state index in [1.807, 2.05) is 0 Å². The molecule has 2 heterocycles. The minimum absolute atomic E-state index is 0.0347. The van der Waals surface area contributed by atoms with Gasteiger partial charge in [0.05, 0.1) is 22.9 Å². The quantitative estimate of drug-likeness (QED) is 0.410. The average molecular weight is 445 g/mol. The third-order valence-corrected chi connectivity index (χ3v) is 5.60. The van der Waals surface area contributed by atoms with Crippen LogP contribution in [0.3, 0.4) is 0 Å². The van der Waals surface area contributed by atoms with Crippen molar-refractivity contribution in [1.82, 2.24) is 14.5 Å². The summed E-state index contributed by atoms with van der Waals surface area (Å²) in [6.07, 6.45) is 3.21. The fraction of sp³-hybridized carbons (Fsp3) is 0.0952. The van der Waals surface area contributed by atoms with Crippen LogP contribution >= 0.6 is 23.4 Å². The molecule has 0 bridgehead atoms. The normalized spacial score (nSPS) is 11.0. The zero-order valence-corrected chi connectivity index (χ0v) is 17.1. The number of thioether (sulfide) groups is 1. The molecule has 9 heteroatoms. The van der Waals surface area contributed by atoms with Crippen LogP contribution in [0.15, 0.2) is 66.1 Å². The smallest absolute Gasteiger partial charge is 0.244 e. The maximum Gasteiger partial charge on any atom is 0.244 e. The van der Waals surface area contributed by atoms with Gasteiger partial charge < -0.3 is 9.88 Å². The molecule has 5 nitrogen and oxygen atoms in total. The van der Waals surface area contributed by atoms with Crippen molar-refractivity contribution < 1.29 is 13.6 Å². The largest absolute Gasteiger partial charge is 0.322 e. The minimum Gasteiger partial charge on any atom is -0.322 e. The summed E-state index contributed by atoms with van der Waals surface area (Å²) in [7, 11) is 0. The molecule has 0 atom stereocenters. The van der Waals surface area contributed by atoms with Crippen molar-refractivity contribution in [1.29, 1.82) is 0 Å². The summed E-state index contributed by atoms with van der Waals surface area (Å²) in [6.45, 7) is -0.107. The van der Waals surface area contributed by atoms with Crippen molar-refractivity contribution in [3.05, 3.63) is 83.1 Å². The Morgan fingerprint density at radius 2 is 1.97 bits per heavy atom. The Labute approximate surface area is 180 Å². The number of imidazole rings is 1. The predicted molar refractivity (Wildman–Crippen MR) is 114 cm³/mol. The Bertz CT molecular complexity index is 1230. The molecule has 0 saturated heterocycles. The van der Waals surface area contributed by atoms with Gasteiger partial charge in [-0.15, -0.1) is 0 Å².